The summed E-state index contributed by atoms with van der Waals surface area (Å²) in [4.78, 5) is 38.0. The molecule has 0 spiro atoms. The normalized spacial score (nSPS) is 35.8. The third-order valence-corrected chi connectivity index (χ3v) is 8.82. The second kappa shape index (κ2) is 7.72. The fourth-order valence-electron chi connectivity index (χ4n) is 6.91. The Morgan fingerprint density at radius 2 is 1.78 bits per heavy atom. The zero-order chi connectivity index (χ0) is 22.5. The molecule has 32 heavy (non-hydrogen) atoms. The molecule has 1 amide bonds. The van der Waals surface area contributed by atoms with E-state index in [2.05, 4.69) is 31.3 Å². The van der Waals surface area contributed by atoms with E-state index in [1.807, 2.05) is 30.3 Å². The van der Waals surface area contributed by atoms with E-state index < -0.39 is 6.09 Å². The molecule has 0 aliphatic heterocycles. The van der Waals surface area contributed by atoms with Crippen LogP contribution >= 0.6 is 0 Å². The van der Waals surface area contributed by atoms with Gasteiger partial charge in [-0.2, -0.15) is 0 Å². The van der Waals surface area contributed by atoms with Gasteiger partial charge in [-0.15, -0.1) is 0 Å². The summed E-state index contributed by atoms with van der Waals surface area (Å²) in [6.07, 6.45) is 8.44. The first-order valence-electron chi connectivity index (χ1n) is 11.8. The number of ketones is 2. The lowest BCUT2D eigenvalue weighted by atomic mass is 9.49. The number of Topliss-reactive ketones (excluding diaryl/α,β-unsaturated/α-hetero) is 2. The predicted octanol–water partition coefficient (Wildman–Crippen LogP) is 5.12. The fourth-order valence-corrected chi connectivity index (χ4v) is 6.91. The number of carbonyl (C=O) groups excluding carboxylic acids is 3. The molecule has 1 aromatic rings. The Morgan fingerprint density at radius 3 is 2.56 bits per heavy atom. The molecule has 4 aliphatic rings. The lowest BCUT2D eigenvalue weighted by molar-refractivity contribution is -0.130. The van der Waals surface area contributed by atoms with Crippen molar-refractivity contribution in [1.82, 2.24) is 5.32 Å². The molecule has 5 heteroatoms. The van der Waals surface area contributed by atoms with Gasteiger partial charge in [0.2, 0.25) is 0 Å². The molecule has 0 heterocycles. The van der Waals surface area contributed by atoms with Gasteiger partial charge in [0.05, 0.1) is 5.70 Å². The van der Waals surface area contributed by atoms with E-state index in [0.717, 1.165) is 36.8 Å². The van der Waals surface area contributed by atoms with Crippen LogP contribution in [-0.2, 0) is 20.9 Å². The van der Waals surface area contributed by atoms with Crippen LogP contribution in [0.2, 0.25) is 0 Å². The van der Waals surface area contributed by atoms with Crippen LogP contribution in [0.3, 0.4) is 0 Å². The van der Waals surface area contributed by atoms with E-state index in [0.29, 0.717) is 42.1 Å². The molecule has 2 saturated carbocycles. The Hall–Kier alpha value is -2.69. The first-order chi connectivity index (χ1) is 15.3. The zero-order valence-electron chi connectivity index (χ0n) is 18.9. The van der Waals surface area contributed by atoms with Crippen molar-refractivity contribution in [3.8, 4) is 0 Å². The largest absolute Gasteiger partial charge is 0.444 e. The van der Waals surface area contributed by atoms with E-state index >= 15 is 0 Å². The quantitative estimate of drug-likeness (QED) is 0.718. The molecule has 2 fully saturated rings. The van der Waals surface area contributed by atoms with Gasteiger partial charge in [0, 0.05) is 18.3 Å². The van der Waals surface area contributed by atoms with E-state index in [1.54, 1.807) is 0 Å². The number of hydrogen-bond donors (Lipinski definition) is 1. The molecular weight excluding hydrogens is 402 g/mol. The van der Waals surface area contributed by atoms with Crippen LogP contribution in [0.1, 0.15) is 57.9 Å². The molecule has 1 N–H and O–H groups in total. The minimum absolute atomic E-state index is 0.0334. The minimum Gasteiger partial charge on any atom is -0.444 e. The molecule has 0 saturated heterocycles. The Bertz CT molecular complexity index is 1030. The van der Waals surface area contributed by atoms with Crippen molar-refractivity contribution in [1.29, 1.82) is 0 Å². The van der Waals surface area contributed by atoms with Crippen LogP contribution < -0.4 is 5.32 Å². The summed E-state index contributed by atoms with van der Waals surface area (Å²) in [6.45, 7) is 4.56. The third kappa shape index (κ3) is 3.25. The van der Waals surface area contributed by atoms with Gasteiger partial charge in [-0.25, -0.2) is 4.79 Å². The lowest BCUT2D eigenvalue weighted by Crippen LogP contribution is -2.50. The number of hydrogen-bond acceptors (Lipinski definition) is 4. The van der Waals surface area contributed by atoms with Gasteiger partial charge in [0.25, 0.3) is 0 Å². The van der Waals surface area contributed by atoms with Crippen molar-refractivity contribution in [3.05, 3.63) is 59.3 Å². The van der Waals surface area contributed by atoms with Gasteiger partial charge in [-0.3, -0.25) is 14.9 Å². The number of alkyl carbamates (subject to hydrolysis) is 1. The van der Waals surface area contributed by atoms with Crippen molar-refractivity contribution in [3.63, 3.8) is 0 Å². The number of carbonyl (C=O) groups is 3. The lowest BCUT2D eigenvalue weighted by Gasteiger charge is -2.54. The summed E-state index contributed by atoms with van der Waals surface area (Å²) in [7, 11) is 0. The van der Waals surface area contributed by atoms with Crippen LogP contribution in [0, 0.1) is 28.6 Å². The van der Waals surface area contributed by atoms with Crippen LogP contribution in [0.5, 0.6) is 0 Å². The molecule has 0 radical (unpaired) electrons. The molecule has 0 bridgehead atoms. The van der Waals surface area contributed by atoms with Crippen molar-refractivity contribution < 1.29 is 19.1 Å². The first-order valence-corrected chi connectivity index (χ1v) is 11.8. The maximum absolute atomic E-state index is 12.8. The highest BCUT2D eigenvalue weighted by atomic mass is 16.5. The van der Waals surface area contributed by atoms with E-state index in [4.69, 9.17) is 4.74 Å². The van der Waals surface area contributed by atoms with Gasteiger partial charge in [-0.05, 0) is 60.0 Å². The average molecular weight is 434 g/mol. The monoisotopic (exact) mass is 433 g/mol. The van der Waals surface area contributed by atoms with E-state index in [9.17, 15) is 14.4 Å². The third-order valence-electron chi connectivity index (χ3n) is 8.82. The molecule has 5 atom stereocenters. The number of nitrogens with one attached hydrogen (secondary N) is 1. The van der Waals surface area contributed by atoms with Crippen LogP contribution in [0.4, 0.5) is 4.79 Å². The summed E-state index contributed by atoms with van der Waals surface area (Å²) in [5, 5.41) is 2.78. The second-order valence-electron chi connectivity index (χ2n) is 10.4. The maximum Gasteiger partial charge on any atom is 0.412 e. The summed E-state index contributed by atoms with van der Waals surface area (Å²) < 4.78 is 5.38. The van der Waals surface area contributed by atoms with Crippen molar-refractivity contribution in [2.24, 2.45) is 28.6 Å². The minimum atomic E-state index is -0.595. The molecule has 4 aliphatic carbocycles. The number of allylic oxidation sites excluding steroid dienone is 4. The Morgan fingerprint density at radius 1 is 1.03 bits per heavy atom. The van der Waals surface area contributed by atoms with E-state index in [1.165, 1.54) is 0 Å². The topological polar surface area (TPSA) is 72.5 Å². The van der Waals surface area contributed by atoms with Gasteiger partial charge >= 0.3 is 6.09 Å². The fraction of sp³-hybridized carbons (Fsp3) is 0.519. The first kappa shape index (κ1) is 21.2. The number of fused-ring (bicyclic) bond motifs is 5. The van der Waals surface area contributed by atoms with Crippen molar-refractivity contribution in [2.75, 3.05) is 0 Å². The number of benzene rings is 1. The highest BCUT2D eigenvalue weighted by molar-refractivity contribution is 6.00. The summed E-state index contributed by atoms with van der Waals surface area (Å²) in [5.41, 5.74) is 1.84. The average Bonchev–Trinajstić information content (AvgIpc) is 3.10. The van der Waals surface area contributed by atoms with Gasteiger partial charge in [-0.1, -0.05) is 56.3 Å². The molecule has 5 rings (SSSR count). The van der Waals surface area contributed by atoms with Crippen molar-refractivity contribution in [2.45, 2.75) is 59.0 Å². The Labute approximate surface area is 189 Å². The molecule has 168 valence electrons. The number of ether oxygens (including phenoxy) is 1. The Kier molecular flexibility index (Phi) is 5.11. The second-order valence-corrected chi connectivity index (χ2v) is 10.4. The molecule has 0 aromatic heterocycles. The number of amides is 1. The summed E-state index contributed by atoms with van der Waals surface area (Å²) in [5.74, 6) is 1.51. The van der Waals surface area contributed by atoms with Crippen molar-refractivity contribution >= 4 is 17.7 Å². The van der Waals surface area contributed by atoms with Crippen LogP contribution in [0.15, 0.2) is 53.8 Å². The highest BCUT2D eigenvalue weighted by Crippen LogP contribution is 2.63. The van der Waals surface area contributed by atoms with Gasteiger partial charge in [0.1, 0.15) is 12.4 Å². The molecule has 5 nitrogen and oxygen atoms in total. The van der Waals surface area contributed by atoms with Crippen LogP contribution in [0.25, 0.3) is 0 Å². The molecule has 0 unspecified atom stereocenters. The standard InChI is InChI=1S/C27H31NO4/c1-26-15-13-22(29)24(28-25(31)32-16-17-6-4-3-5-7-17)21(26)9-8-18-19-10-11-23(30)27(19,2)14-12-20(18)26/h3-9,18-20H,10-16H2,1-2H3,(H,28,31)/t18-,19-,20-,26+,27-/m0/s1. The Balaban J connectivity index is 1.41. The summed E-state index contributed by atoms with van der Waals surface area (Å²) in [6, 6.07) is 9.50. The van der Waals surface area contributed by atoms with Gasteiger partial charge < -0.3 is 4.74 Å². The molecule has 1 aromatic carbocycles. The summed E-state index contributed by atoms with van der Waals surface area (Å²) >= 11 is 0. The van der Waals surface area contributed by atoms with Crippen LogP contribution in [-0.4, -0.2) is 17.7 Å². The predicted molar refractivity (Wildman–Crippen MR) is 120 cm³/mol. The van der Waals surface area contributed by atoms with Gasteiger partial charge in [0.15, 0.2) is 5.78 Å². The zero-order valence-corrected chi connectivity index (χ0v) is 18.9. The maximum atomic E-state index is 12.8. The molecular formula is C27H31NO4. The smallest absolute Gasteiger partial charge is 0.412 e. The highest BCUT2D eigenvalue weighted by Gasteiger charge is 2.58. The van der Waals surface area contributed by atoms with E-state index in [-0.39, 0.29) is 23.2 Å². The SMILES string of the molecule is C[C@]12CCC(=O)C(NC(=O)OCc3ccccc3)=C1C=C[C@@H]1[C@@H]2CC[C@]2(C)C(=O)CC[C@@H]12. The number of rotatable bonds is 3.